The predicted molar refractivity (Wildman–Crippen MR) is 72.6 cm³/mol. The van der Waals surface area contributed by atoms with Gasteiger partial charge in [0.1, 0.15) is 0 Å². The van der Waals surface area contributed by atoms with Crippen LogP contribution in [-0.4, -0.2) is 32.8 Å². The van der Waals surface area contributed by atoms with Gasteiger partial charge in [-0.3, -0.25) is 0 Å². The number of rotatable bonds is 4. The standard InChI is InChI=1S/C13H21N3O/c1-3-17-11-6-7-16(9-11)13-5-4-10(14)8-12(13)15-2/h4-5,8,11,15H,3,6-7,9,14H2,1-2H3. The van der Waals surface area contributed by atoms with Gasteiger partial charge in [-0.25, -0.2) is 0 Å². The number of nitrogens with one attached hydrogen (secondary N) is 1. The molecule has 1 aliphatic heterocycles. The van der Waals surface area contributed by atoms with Crippen molar-refractivity contribution in [2.45, 2.75) is 19.4 Å². The van der Waals surface area contributed by atoms with Crippen molar-refractivity contribution >= 4 is 17.1 Å². The van der Waals surface area contributed by atoms with Gasteiger partial charge in [-0.05, 0) is 31.5 Å². The van der Waals surface area contributed by atoms with Crippen molar-refractivity contribution in [1.29, 1.82) is 0 Å². The normalized spacial score (nSPS) is 19.6. The SMILES string of the molecule is CCOC1CCN(c2ccc(N)cc2NC)C1. The lowest BCUT2D eigenvalue weighted by Gasteiger charge is -2.22. The Morgan fingerprint density at radius 1 is 1.53 bits per heavy atom. The summed E-state index contributed by atoms with van der Waals surface area (Å²) in [5.74, 6) is 0. The summed E-state index contributed by atoms with van der Waals surface area (Å²) in [5.41, 5.74) is 8.88. The molecule has 0 saturated carbocycles. The summed E-state index contributed by atoms with van der Waals surface area (Å²) in [6.45, 7) is 4.85. The molecule has 3 N–H and O–H groups in total. The molecule has 0 spiro atoms. The predicted octanol–water partition coefficient (Wildman–Crippen LogP) is 1.93. The third-order valence-electron chi connectivity index (χ3n) is 3.18. The monoisotopic (exact) mass is 235 g/mol. The van der Waals surface area contributed by atoms with Crippen molar-refractivity contribution in [3.8, 4) is 0 Å². The van der Waals surface area contributed by atoms with Gasteiger partial charge in [0.25, 0.3) is 0 Å². The minimum atomic E-state index is 0.363. The van der Waals surface area contributed by atoms with Crippen LogP contribution in [-0.2, 0) is 4.74 Å². The van der Waals surface area contributed by atoms with E-state index in [-0.39, 0.29) is 0 Å². The van der Waals surface area contributed by atoms with Crippen molar-refractivity contribution in [2.75, 3.05) is 42.7 Å². The third-order valence-corrected chi connectivity index (χ3v) is 3.18. The molecule has 1 saturated heterocycles. The molecule has 0 aliphatic carbocycles. The Bertz CT molecular complexity index is 381. The van der Waals surface area contributed by atoms with Gasteiger partial charge in [0, 0.05) is 32.4 Å². The zero-order valence-electron chi connectivity index (χ0n) is 10.6. The number of hydrogen-bond donors (Lipinski definition) is 2. The zero-order chi connectivity index (χ0) is 12.3. The number of nitrogen functional groups attached to an aromatic ring is 1. The van der Waals surface area contributed by atoms with Crippen LogP contribution < -0.4 is 16.0 Å². The Morgan fingerprint density at radius 2 is 2.35 bits per heavy atom. The van der Waals surface area contributed by atoms with Crippen LogP contribution >= 0.6 is 0 Å². The number of benzene rings is 1. The van der Waals surface area contributed by atoms with Gasteiger partial charge in [-0.1, -0.05) is 0 Å². The average molecular weight is 235 g/mol. The number of anilines is 3. The summed E-state index contributed by atoms with van der Waals surface area (Å²) in [4.78, 5) is 2.35. The van der Waals surface area contributed by atoms with E-state index in [0.29, 0.717) is 6.10 Å². The third kappa shape index (κ3) is 2.64. The van der Waals surface area contributed by atoms with E-state index < -0.39 is 0 Å². The van der Waals surface area contributed by atoms with Crippen LogP contribution in [0.4, 0.5) is 17.1 Å². The van der Waals surface area contributed by atoms with E-state index in [2.05, 4.69) is 16.3 Å². The first kappa shape index (κ1) is 12.0. The smallest absolute Gasteiger partial charge is 0.0766 e. The van der Waals surface area contributed by atoms with Crippen LogP contribution in [0.2, 0.25) is 0 Å². The second-order valence-electron chi connectivity index (χ2n) is 4.34. The molecule has 1 heterocycles. The van der Waals surface area contributed by atoms with E-state index in [4.69, 9.17) is 10.5 Å². The van der Waals surface area contributed by atoms with Crippen molar-refractivity contribution in [3.05, 3.63) is 18.2 Å². The quantitative estimate of drug-likeness (QED) is 0.783. The Kier molecular flexibility index (Phi) is 3.74. The number of hydrogen-bond acceptors (Lipinski definition) is 4. The summed E-state index contributed by atoms with van der Waals surface area (Å²) in [7, 11) is 1.92. The molecule has 0 aromatic heterocycles. The van der Waals surface area contributed by atoms with Crippen molar-refractivity contribution in [2.24, 2.45) is 0 Å². The largest absolute Gasteiger partial charge is 0.399 e. The summed E-state index contributed by atoms with van der Waals surface area (Å²) in [6.07, 6.45) is 1.46. The highest BCUT2D eigenvalue weighted by Gasteiger charge is 2.24. The molecule has 4 nitrogen and oxygen atoms in total. The van der Waals surface area contributed by atoms with E-state index >= 15 is 0 Å². The fraction of sp³-hybridized carbons (Fsp3) is 0.538. The first-order chi connectivity index (χ1) is 8.24. The summed E-state index contributed by atoms with van der Waals surface area (Å²) < 4.78 is 5.66. The molecule has 1 unspecified atom stereocenters. The minimum Gasteiger partial charge on any atom is -0.399 e. The molecule has 1 aliphatic rings. The lowest BCUT2D eigenvalue weighted by atomic mass is 10.2. The van der Waals surface area contributed by atoms with Crippen LogP contribution in [0.15, 0.2) is 18.2 Å². The van der Waals surface area contributed by atoms with Gasteiger partial charge in [-0.2, -0.15) is 0 Å². The van der Waals surface area contributed by atoms with Crippen LogP contribution in [0.3, 0.4) is 0 Å². The van der Waals surface area contributed by atoms with Crippen LogP contribution in [0, 0.1) is 0 Å². The maximum Gasteiger partial charge on any atom is 0.0766 e. The molecule has 4 heteroatoms. The van der Waals surface area contributed by atoms with E-state index in [1.807, 2.05) is 26.1 Å². The van der Waals surface area contributed by atoms with Gasteiger partial charge in [0.15, 0.2) is 0 Å². The zero-order valence-corrected chi connectivity index (χ0v) is 10.6. The van der Waals surface area contributed by atoms with Crippen LogP contribution in [0.25, 0.3) is 0 Å². The lowest BCUT2D eigenvalue weighted by molar-refractivity contribution is 0.0788. The fourth-order valence-corrected chi connectivity index (χ4v) is 2.35. The highest BCUT2D eigenvalue weighted by molar-refractivity contribution is 5.74. The molecule has 1 fully saturated rings. The average Bonchev–Trinajstić information content (AvgIpc) is 2.78. The first-order valence-electron chi connectivity index (χ1n) is 6.18. The molecule has 94 valence electrons. The molecule has 1 atom stereocenters. The van der Waals surface area contributed by atoms with Crippen LogP contribution in [0.5, 0.6) is 0 Å². The van der Waals surface area contributed by atoms with Crippen molar-refractivity contribution in [1.82, 2.24) is 0 Å². The van der Waals surface area contributed by atoms with Gasteiger partial charge in [-0.15, -0.1) is 0 Å². The Labute approximate surface area is 103 Å². The van der Waals surface area contributed by atoms with Crippen molar-refractivity contribution < 1.29 is 4.74 Å². The number of nitrogens with zero attached hydrogens (tertiary/aromatic N) is 1. The second kappa shape index (κ2) is 5.27. The lowest BCUT2D eigenvalue weighted by Crippen LogP contribution is -2.23. The minimum absolute atomic E-state index is 0.363. The highest BCUT2D eigenvalue weighted by atomic mass is 16.5. The maximum atomic E-state index is 5.79. The molecule has 0 bridgehead atoms. The second-order valence-corrected chi connectivity index (χ2v) is 4.34. The maximum absolute atomic E-state index is 5.79. The van der Waals surface area contributed by atoms with Gasteiger partial charge in [0.05, 0.1) is 17.5 Å². The summed E-state index contributed by atoms with van der Waals surface area (Å²) >= 11 is 0. The highest BCUT2D eigenvalue weighted by Crippen LogP contribution is 2.30. The molecule has 2 rings (SSSR count). The number of ether oxygens (including phenoxy) is 1. The first-order valence-corrected chi connectivity index (χ1v) is 6.18. The van der Waals surface area contributed by atoms with E-state index in [1.165, 1.54) is 5.69 Å². The topological polar surface area (TPSA) is 50.5 Å². The van der Waals surface area contributed by atoms with Gasteiger partial charge >= 0.3 is 0 Å². The summed E-state index contributed by atoms with van der Waals surface area (Å²) in [5, 5.41) is 3.20. The Balaban J connectivity index is 2.12. The number of nitrogens with two attached hydrogens (primary N) is 1. The fourth-order valence-electron chi connectivity index (χ4n) is 2.35. The van der Waals surface area contributed by atoms with E-state index in [9.17, 15) is 0 Å². The van der Waals surface area contributed by atoms with Crippen LogP contribution in [0.1, 0.15) is 13.3 Å². The molecule has 0 amide bonds. The Morgan fingerprint density at radius 3 is 3.06 bits per heavy atom. The molecule has 1 aromatic carbocycles. The van der Waals surface area contributed by atoms with E-state index in [0.717, 1.165) is 37.5 Å². The van der Waals surface area contributed by atoms with E-state index in [1.54, 1.807) is 0 Å². The van der Waals surface area contributed by atoms with Crippen molar-refractivity contribution in [3.63, 3.8) is 0 Å². The molecule has 17 heavy (non-hydrogen) atoms. The molecular formula is C13H21N3O. The summed E-state index contributed by atoms with van der Waals surface area (Å²) in [6, 6.07) is 6.00. The van der Waals surface area contributed by atoms with Gasteiger partial charge in [0.2, 0.25) is 0 Å². The molecule has 1 aromatic rings. The van der Waals surface area contributed by atoms with Gasteiger partial charge < -0.3 is 20.7 Å². The molecule has 0 radical (unpaired) electrons. The Hall–Kier alpha value is -1.42. The molecular weight excluding hydrogens is 214 g/mol.